The Labute approximate surface area is 281 Å². The Kier molecular flexibility index (Phi) is 8.46. The number of benzene rings is 7. The summed E-state index contributed by atoms with van der Waals surface area (Å²) in [5, 5.41) is 20.6. The summed E-state index contributed by atoms with van der Waals surface area (Å²) < 4.78 is 0. The average molecular weight is 615 g/mol. The van der Waals surface area contributed by atoms with E-state index < -0.39 is 0 Å². The van der Waals surface area contributed by atoms with Gasteiger partial charge in [0.05, 0.1) is 23.3 Å². The maximum atomic E-state index is 10.3. The van der Waals surface area contributed by atoms with Crippen molar-refractivity contribution in [2.75, 3.05) is 9.80 Å². The molecule has 4 nitrogen and oxygen atoms in total. The summed E-state index contributed by atoms with van der Waals surface area (Å²) in [7, 11) is 0. The largest absolute Gasteiger partial charge is 0.311 e. The van der Waals surface area contributed by atoms with Crippen molar-refractivity contribution < 1.29 is 0 Å². The number of rotatable bonds is 8. The van der Waals surface area contributed by atoms with Crippen LogP contribution in [0.3, 0.4) is 0 Å². The first-order valence-corrected chi connectivity index (χ1v) is 15.7. The predicted octanol–water partition coefficient (Wildman–Crippen LogP) is 11.7. The van der Waals surface area contributed by atoms with E-state index in [-0.39, 0.29) is 0 Å². The molecule has 226 valence electrons. The highest BCUT2D eigenvalue weighted by Crippen LogP contribution is 2.39. The molecule has 0 heterocycles. The van der Waals surface area contributed by atoms with Gasteiger partial charge < -0.3 is 9.80 Å². The first kappa shape index (κ1) is 29.8. The molecule has 0 N–H and O–H groups in total. The van der Waals surface area contributed by atoms with Crippen molar-refractivity contribution in [3.63, 3.8) is 0 Å². The van der Waals surface area contributed by atoms with Crippen LogP contribution >= 0.6 is 0 Å². The van der Waals surface area contributed by atoms with Crippen molar-refractivity contribution in [2.45, 2.75) is 0 Å². The Hall–Kier alpha value is -6.88. The van der Waals surface area contributed by atoms with Crippen molar-refractivity contribution in [1.82, 2.24) is 0 Å². The van der Waals surface area contributed by atoms with Crippen LogP contribution in [-0.4, -0.2) is 0 Å². The quantitative estimate of drug-likeness (QED) is 0.171. The molecule has 0 aliphatic carbocycles. The number of nitrogens with zero attached hydrogens (tertiary/aromatic N) is 4. The molecule has 0 aromatic heterocycles. The number of hydrogen-bond acceptors (Lipinski definition) is 4. The Bertz CT molecular complexity index is 1970. The second-order valence-electron chi connectivity index (χ2n) is 11.3. The van der Waals surface area contributed by atoms with Crippen molar-refractivity contribution in [3.8, 4) is 34.4 Å². The van der Waals surface area contributed by atoms with Gasteiger partial charge in [0.15, 0.2) is 0 Å². The zero-order chi connectivity index (χ0) is 32.7. The smallest absolute Gasteiger partial charge is 0.0998 e. The van der Waals surface area contributed by atoms with Gasteiger partial charge in [0.25, 0.3) is 0 Å². The Morgan fingerprint density at radius 3 is 0.812 bits per heavy atom. The monoisotopic (exact) mass is 614 g/mol. The summed E-state index contributed by atoms with van der Waals surface area (Å²) in [5.74, 6) is 0. The fourth-order valence-corrected chi connectivity index (χ4v) is 6.05. The highest BCUT2D eigenvalue weighted by Gasteiger charge is 2.17. The minimum absolute atomic E-state index is 0.513. The van der Waals surface area contributed by atoms with Gasteiger partial charge in [0, 0.05) is 45.3 Å². The molecule has 0 aliphatic rings. The SMILES string of the molecule is N#Cc1cc(-c2ccc(N(c3ccccc3)c3ccccc3)cc2)c(C#N)cc1-c1ccc(N(c2ccccc2)c2ccccc2)cc1. The van der Waals surface area contributed by atoms with Crippen LogP contribution in [0.5, 0.6) is 0 Å². The van der Waals surface area contributed by atoms with Gasteiger partial charge in [-0.05, 0) is 96.1 Å². The summed E-state index contributed by atoms with van der Waals surface area (Å²) >= 11 is 0. The molecule has 0 atom stereocenters. The van der Waals surface area contributed by atoms with Crippen LogP contribution in [0.25, 0.3) is 22.3 Å². The number of nitriles is 2. The van der Waals surface area contributed by atoms with Gasteiger partial charge >= 0.3 is 0 Å². The lowest BCUT2D eigenvalue weighted by molar-refractivity contribution is 1.28. The highest BCUT2D eigenvalue weighted by molar-refractivity contribution is 5.84. The molecular formula is C44H30N4. The minimum Gasteiger partial charge on any atom is -0.311 e. The van der Waals surface area contributed by atoms with Gasteiger partial charge in [-0.15, -0.1) is 0 Å². The Morgan fingerprint density at radius 1 is 0.312 bits per heavy atom. The van der Waals surface area contributed by atoms with Crippen molar-refractivity contribution in [2.24, 2.45) is 0 Å². The van der Waals surface area contributed by atoms with Crippen molar-refractivity contribution >= 4 is 34.1 Å². The third kappa shape index (κ3) is 6.03. The molecule has 0 unspecified atom stereocenters. The molecule has 0 spiro atoms. The van der Waals surface area contributed by atoms with Gasteiger partial charge in [0.2, 0.25) is 0 Å². The molecule has 0 saturated heterocycles. The topological polar surface area (TPSA) is 54.1 Å². The molecular weight excluding hydrogens is 585 g/mol. The van der Waals surface area contributed by atoms with E-state index >= 15 is 0 Å². The molecule has 7 aromatic carbocycles. The molecule has 0 radical (unpaired) electrons. The minimum atomic E-state index is 0.513. The van der Waals surface area contributed by atoms with E-state index in [1.54, 1.807) is 0 Å². The molecule has 0 saturated carbocycles. The summed E-state index contributed by atoms with van der Waals surface area (Å²) in [6.07, 6.45) is 0. The molecule has 0 amide bonds. The van der Waals surface area contributed by atoms with Gasteiger partial charge in [-0.2, -0.15) is 10.5 Å². The highest BCUT2D eigenvalue weighted by atomic mass is 15.1. The lowest BCUT2D eigenvalue weighted by Crippen LogP contribution is -2.09. The maximum absolute atomic E-state index is 10.3. The molecule has 7 rings (SSSR count). The zero-order valence-electron chi connectivity index (χ0n) is 26.1. The third-order valence-electron chi connectivity index (χ3n) is 8.33. The van der Waals surface area contributed by atoms with E-state index in [9.17, 15) is 10.5 Å². The normalized spacial score (nSPS) is 10.5. The Morgan fingerprint density at radius 2 is 0.562 bits per heavy atom. The third-order valence-corrected chi connectivity index (χ3v) is 8.33. The van der Waals surface area contributed by atoms with Gasteiger partial charge in [-0.1, -0.05) is 97.1 Å². The van der Waals surface area contributed by atoms with Crippen LogP contribution in [-0.2, 0) is 0 Å². The van der Waals surface area contributed by atoms with Gasteiger partial charge in [-0.3, -0.25) is 0 Å². The van der Waals surface area contributed by atoms with Crippen molar-refractivity contribution in [3.05, 3.63) is 193 Å². The average Bonchev–Trinajstić information content (AvgIpc) is 3.17. The Balaban J connectivity index is 1.23. The maximum Gasteiger partial charge on any atom is 0.0998 e. The molecule has 0 fully saturated rings. The van der Waals surface area contributed by atoms with Crippen LogP contribution in [0, 0.1) is 22.7 Å². The summed E-state index contributed by atoms with van der Waals surface area (Å²) in [6.45, 7) is 0. The first-order chi connectivity index (χ1) is 23.7. The number of anilines is 6. The van der Waals surface area contributed by atoms with Crippen LogP contribution in [0.15, 0.2) is 182 Å². The van der Waals surface area contributed by atoms with E-state index in [0.717, 1.165) is 56.4 Å². The van der Waals surface area contributed by atoms with E-state index in [1.165, 1.54) is 0 Å². The summed E-state index contributed by atoms with van der Waals surface area (Å²) in [5.41, 5.74) is 10.4. The van der Waals surface area contributed by atoms with Gasteiger partial charge in [-0.25, -0.2) is 0 Å². The fourth-order valence-electron chi connectivity index (χ4n) is 6.05. The van der Waals surface area contributed by atoms with Crippen LogP contribution in [0.1, 0.15) is 11.1 Å². The molecule has 4 heteroatoms. The number of hydrogen-bond donors (Lipinski definition) is 0. The summed E-state index contributed by atoms with van der Waals surface area (Å²) in [6, 6.07) is 65.7. The van der Waals surface area contributed by atoms with Crippen LogP contribution in [0.4, 0.5) is 34.1 Å². The number of para-hydroxylation sites is 4. The second-order valence-corrected chi connectivity index (χ2v) is 11.3. The fraction of sp³-hybridized carbons (Fsp3) is 0. The molecule has 0 aliphatic heterocycles. The lowest BCUT2D eigenvalue weighted by atomic mass is 9.91. The summed E-state index contributed by atoms with van der Waals surface area (Å²) in [4.78, 5) is 4.39. The van der Waals surface area contributed by atoms with Gasteiger partial charge in [0.1, 0.15) is 0 Å². The van der Waals surface area contributed by atoms with Crippen molar-refractivity contribution in [1.29, 1.82) is 10.5 Å². The van der Waals surface area contributed by atoms with E-state index in [0.29, 0.717) is 11.1 Å². The molecule has 7 aromatic rings. The zero-order valence-corrected chi connectivity index (χ0v) is 26.1. The van der Waals surface area contributed by atoms with E-state index in [2.05, 4.69) is 94.7 Å². The van der Waals surface area contributed by atoms with Crippen LogP contribution < -0.4 is 9.80 Å². The van der Waals surface area contributed by atoms with E-state index in [1.807, 2.05) is 109 Å². The molecule has 0 bridgehead atoms. The standard InChI is InChI=1S/C44H30N4/c45-31-35-30-44(34-23-27-42(28-24-34)48(39-17-9-3-10-18-39)40-19-11-4-12-20-40)36(32-46)29-43(35)33-21-25-41(26-22-33)47(37-13-5-1-6-14-37)38-15-7-2-8-16-38/h1-30H. The second kappa shape index (κ2) is 13.6. The lowest BCUT2D eigenvalue weighted by Gasteiger charge is -2.25. The first-order valence-electron chi connectivity index (χ1n) is 15.7. The molecule has 48 heavy (non-hydrogen) atoms. The van der Waals surface area contributed by atoms with E-state index in [4.69, 9.17) is 0 Å². The van der Waals surface area contributed by atoms with Crippen LogP contribution in [0.2, 0.25) is 0 Å². The predicted molar refractivity (Wildman–Crippen MR) is 196 cm³/mol.